The van der Waals surface area contributed by atoms with Gasteiger partial charge in [0, 0.05) is 31.9 Å². The number of nitrogens with zero attached hydrogens (tertiary/aromatic N) is 1. The normalized spacial score (nSPS) is 16.1. The highest BCUT2D eigenvalue weighted by molar-refractivity contribution is 5.50. The Morgan fingerprint density at radius 1 is 1.25 bits per heavy atom. The average molecular weight is 276 g/mol. The maximum Gasteiger partial charge on any atom is 0.121 e. The lowest BCUT2D eigenvalue weighted by atomic mass is 9.90. The molecule has 0 amide bonds. The highest BCUT2D eigenvalue weighted by atomic mass is 16.5. The molecule has 1 aromatic carbocycles. The van der Waals surface area contributed by atoms with Crippen molar-refractivity contribution in [3.05, 3.63) is 24.3 Å². The third kappa shape index (κ3) is 4.71. The molecule has 1 saturated carbocycles. The van der Waals surface area contributed by atoms with E-state index in [0.717, 1.165) is 31.4 Å². The number of nitrogens with one attached hydrogen (secondary N) is 1. The Balaban J connectivity index is 1.85. The third-order valence-electron chi connectivity index (χ3n) is 4.17. The van der Waals surface area contributed by atoms with Crippen LogP contribution in [0.15, 0.2) is 24.3 Å². The zero-order chi connectivity index (χ0) is 14.2. The Hall–Kier alpha value is -1.22. The summed E-state index contributed by atoms with van der Waals surface area (Å²) < 4.78 is 6.00. The molecule has 0 aliphatic heterocycles. The van der Waals surface area contributed by atoms with Crippen molar-refractivity contribution in [2.75, 3.05) is 38.7 Å². The van der Waals surface area contributed by atoms with Crippen molar-refractivity contribution in [1.82, 2.24) is 5.32 Å². The molecule has 1 aromatic rings. The molecule has 0 bridgehead atoms. The molecule has 1 N–H and O–H groups in total. The van der Waals surface area contributed by atoms with Crippen LogP contribution in [0.1, 0.15) is 32.1 Å². The summed E-state index contributed by atoms with van der Waals surface area (Å²) in [5.41, 5.74) is 1.22. The summed E-state index contributed by atoms with van der Waals surface area (Å²) in [6.45, 7) is 2.87. The fourth-order valence-electron chi connectivity index (χ4n) is 2.79. The summed E-state index contributed by atoms with van der Waals surface area (Å²) in [5.74, 6) is 1.76. The Morgan fingerprint density at radius 2 is 2.05 bits per heavy atom. The number of rotatable bonds is 7. The molecule has 3 heteroatoms. The van der Waals surface area contributed by atoms with Gasteiger partial charge in [0.15, 0.2) is 0 Å². The zero-order valence-electron chi connectivity index (χ0n) is 12.9. The zero-order valence-corrected chi connectivity index (χ0v) is 12.9. The topological polar surface area (TPSA) is 24.5 Å². The van der Waals surface area contributed by atoms with Crippen LogP contribution in [-0.2, 0) is 0 Å². The SMILES string of the molecule is CNCCN(C)c1cccc(OCC2CCCCC2)c1. The highest BCUT2D eigenvalue weighted by Gasteiger charge is 2.14. The van der Waals surface area contributed by atoms with Crippen molar-refractivity contribution in [2.24, 2.45) is 5.92 Å². The first-order valence-corrected chi connectivity index (χ1v) is 7.88. The van der Waals surface area contributed by atoms with Crippen LogP contribution in [-0.4, -0.2) is 33.8 Å². The fraction of sp³-hybridized carbons (Fsp3) is 0.647. The van der Waals surface area contributed by atoms with E-state index in [0.29, 0.717) is 0 Å². The monoisotopic (exact) mass is 276 g/mol. The molecule has 112 valence electrons. The second-order valence-corrected chi connectivity index (χ2v) is 5.84. The first-order valence-electron chi connectivity index (χ1n) is 7.88. The number of benzene rings is 1. The van der Waals surface area contributed by atoms with Crippen LogP contribution >= 0.6 is 0 Å². The van der Waals surface area contributed by atoms with Crippen molar-refractivity contribution >= 4 is 5.69 Å². The average Bonchev–Trinajstić information content (AvgIpc) is 2.52. The van der Waals surface area contributed by atoms with Gasteiger partial charge in [-0.1, -0.05) is 25.3 Å². The largest absolute Gasteiger partial charge is 0.493 e. The minimum Gasteiger partial charge on any atom is -0.493 e. The third-order valence-corrected chi connectivity index (χ3v) is 4.17. The van der Waals surface area contributed by atoms with Crippen molar-refractivity contribution in [2.45, 2.75) is 32.1 Å². The summed E-state index contributed by atoms with van der Waals surface area (Å²) in [7, 11) is 4.11. The Bertz CT molecular complexity index is 388. The van der Waals surface area contributed by atoms with E-state index in [4.69, 9.17) is 4.74 Å². The van der Waals surface area contributed by atoms with E-state index in [1.165, 1.54) is 37.8 Å². The summed E-state index contributed by atoms with van der Waals surface area (Å²) in [6.07, 6.45) is 6.83. The Kier molecular flexibility index (Phi) is 6.19. The first-order chi connectivity index (χ1) is 9.79. The summed E-state index contributed by atoms with van der Waals surface area (Å²) >= 11 is 0. The van der Waals surface area contributed by atoms with Crippen LogP contribution in [0.5, 0.6) is 5.75 Å². The molecule has 3 nitrogen and oxygen atoms in total. The molecule has 2 rings (SSSR count). The van der Waals surface area contributed by atoms with Crippen molar-refractivity contribution < 1.29 is 4.74 Å². The molecule has 0 atom stereocenters. The minimum absolute atomic E-state index is 0.759. The van der Waals surface area contributed by atoms with Crippen LogP contribution in [0.3, 0.4) is 0 Å². The lowest BCUT2D eigenvalue weighted by Gasteiger charge is -2.23. The predicted octanol–water partition coefficient (Wildman–Crippen LogP) is 3.30. The van der Waals surface area contributed by atoms with Crippen LogP contribution in [0.4, 0.5) is 5.69 Å². The molecule has 0 unspecified atom stereocenters. The number of ether oxygens (including phenoxy) is 1. The van der Waals surface area contributed by atoms with Crippen molar-refractivity contribution in [1.29, 1.82) is 0 Å². The van der Waals surface area contributed by atoms with Gasteiger partial charge in [-0.3, -0.25) is 0 Å². The van der Waals surface area contributed by atoms with Gasteiger partial charge in [-0.2, -0.15) is 0 Å². The second-order valence-electron chi connectivity index (χ2n) is 5.84. The van der Waals surface area contributed by atoms with E-state index >= 15 is 0 Å². The first kappa shape index (κ1) is 15.2. The van der Waals surface area contributed by atoms with Gasteiger partial charge in [0.05, 0.1) is 6.61 Å². The van der Waals surface area contributed by atoms with Crippen LogP contribution in [0.2, 0.25) is 0 Å². The maximum atomic E-state index is 6.00. The Labute approximate surface area is 123 Å². The number of hydrogen-bond donors (Lipinski definition) is 1. The summed E-state index contributed by atoms with van der Waals surface area (Å²) in [4.78, 5) is 2.25. The molecule has 20 heavy (non-hydrogen) atoms. The van der Waals surface area contributed by atoms with E-state index in [1.54, 1.807) is 0 Å². The molecule has 0 saturated heterocycles. The maximum absolute atomic E-state index is 6.00. The molecule has 0 aromatic heterocycles. The molecule has 0 radical (unpaired) electrons. The fourth-order valence-corrected chi connectivity index (χ4v) is 2.79. The van der Waals surface area contributed by atoms with E-state index in [1.807, 2.05) is 7.05 Å². The van der Waals surface area contributed by atoms with E-state index in [-0.39, 0.29) is 0 Å². The smallest absolute Gasteiger partial charge is 0.121 e. The van der Waals surface area contributed by atoms with Gasteiger partial charge in [-0.15, -0.1) is 0 Å². The van der Waals surface area contributed by atoms with Gasteiger partial charge in [-0.25, -0.2) is 0 Å². The van der Waals surface area contributed by atoms with Gasteiger partial charge >= 0.3 is 0 Å². The van der Waals surface area contributed by atoms with Gasteiger partial charge < -0.3 is 15.0 Å². The van der Waals surface area contributed by atoms with Gasteiger partial charge in [0.25, 0.3) is 0 Å². The van der Waals surface area contributed by atoms with Gasteiger partial charge in [0.2, 0.25) is 0 Å². The molecule has 1 aliphatic carbocycles. The lowest BCUT2D eigenvalue weighted by Crippen LogP contribution is -2.27. The van der Waals surface area contributed by atoms with E-state index < -0.39 is 0 Å². The van der Waals surface area contributed by atoms with Gasteiger partial charge in [-0.05, 0) is 37.9 Å². The van der Waals surface area contributed by atoms with Crippen molar-refractivity contribution in [3.8, 4) is 5.75 Å². The van der Waals surface area contributed by atoms with E-state index in [9.17, 15) is 0 Å². The number of anilines is 1. The summed E-state index contributed by atoms with van der Waals surface area (Å²) in [6, 6.07) is 8.45. The lowest BCUT2D eigenvalue weighted by molar-refractivity contribution is 0.209. The predicted molar refractivity (Wildman–Crippen MR) is 85.7 cm³/mol. The quantitative estimate of drug-likeness (QED) is 0.827. The van der Waals surface area contributed by atoms with Crippen LogP contribution in [0, 0.1) is 5.92 Å². The number of hydrogen-bond acceptors (Lipinski definition) is 3. The second kappa shape index (κ2) is 8.15. The molecule has 0 heterocycles. The molecule has 1 aliphatic rings. The van der Waals surface area contributed by atoms with Crippen LogP contribution < -0.4 is 15.0 Å². The molecule has 1 fully saturated rings. The molecular formula is C17H28N2O. The molecule has 0 spiro atoms. The van der Waals surface area contributed by atoms with Gasteiger partial charge in [0.1, 0.15) is 5.75 Å². The summed E-state index contributed by atoms with van der Waals surface area (Å²) in [5, 5.41) is 3.18. The highest BCUT2D eigenvalue weighted by Crippen LogP contribution is 2.26. The minimum atomic E-state index is 0.759. The van der Waals surface area contributed by atoms with Crippen LogP contribution in [0.25, 0.3) is 0 Å². The van der Waals surface area contributed by atoms with Crippen molar-refractivity contribution in [3.63, 3.8) is 0 Å². The number of likely N-dealkylation sites (N-methyl/N-ethyl adjacent to an activating group) is 2. The molecular weight excluding hydrogens is 248 g/mol. The van der Waals surface area contributed by atoms with E-state index in [2.05, 4.69) is 41.5 Å². The standard InChI is InChI=1S/C17H28N2O/c1-18-11-12-19(2)16-9-6-10-17(13-16)20-14-15-7-4-3-5-8-15/h6,9-10,13,15,18H,3-5,7-8,11-12,14H2,1-2H3. The Morgan fingerprint density at radius 3 is 2.80 bits per heavy atom.